The highest BCUT2D eigenvalue weighted by molar-refractivity contribution is 5.86. The zero-order valence-corrected chi connectivity index (χ0v) is 16.7. The fraction of sp³-hybridized carbons (Fsp3) is 0.933. The summed E-state index contributed by atoms with van der Waals surface area (Å²) < 4.78 is 0. The van der Waals surface area contributed by atoms with Gasteiger partial charge in [-0.15, -0.1) is 37.2 Å². The first-order valence-corrected chi connectivity index (χ1v) is 8.02. The highest BCUT2D eigenvalue weighted by Crippen LogP contribution is 2.30. The van der Waals surface area contributed by atoms with Gasteiger partial charge in [0.25, 0.3) is 0 Å². The number of amides is 1. The first-order valence-electron chi connectivity index (χ1n) is 8.02. The molecule has 8 heteroatoms. The van der Waals surface area contributed by atoms with E-state index in [2.05, 4.69) is 29.1 Å². The third-order valence-electron chi connectivity index (χ3n) is 5.03. The van der Waals surface area contributed by atoms with Crippen LogP contribution in [0, 0.1) is 11.8 Å². The third-order valence-corrected chi connectivity index (χ3v) is 5.03. The molecule has 1 aliphatic heterocycles. The van der Waals surface area contributed by atoms with Crippen LogP contribution in [-0.4, -0.2) is 68.1 Å². The number of hydrogen-bond acceptors (Lipinski definition) is 4. The fourth-order valence-corrected chi connectivity index (χ4v) is 3.44. The Labute approximate surface area is 159 Å². The van der Waals surface area contributed by atoms with E-state index in [0.717, 1.165) is 52.0 Å². The van der Waals surface area contributed by atoms with Crippen LogP contribution in [0.15, 0.2) is 0 Å². The number of rotatable bonds is 5. The summed E-state index contributed by atoms with van der Waals surface area (Å²) >= 11 is 0. The Balaban J connectivity index is 0. The van der Waals surface area contributed by atoms with E-state index in [1.807, 2.05) is 0 Å². The van der Waals surface area contributed by atoms with Gasteiger partial charge in [0, 0.05) is 44.7 Å². The van der Waals surface area contributed by atoms with Gasteiger partial charge < -0.3 is 16.0 Å². The van der Waals surface area contributed by atoms with Gasteiger partial charge in [-0.3, -0.25) is 9.69 Å². The second-order valence-corrected chi connectivity index (χ2v) is 6.47. The van der Waals surface area contributed by atoms with E-state index in [4.69, 9.17) is 5.73 Å². The Hall–Kier alpha value is 0.220. The molecule has 2 aliphatic rings. The van der Waals surface area contributed by atoms with Gasteiger partial charge >= 0.3 is 0 Å². The zero-order valence-electron chi connectivity index (χ0n) is 14.2. The molecule has 1 heterocycles. The van der Waals surface area contributed by atoms with Crippen molar-refractivity contribution in [3.05, 3.63) is 0 Å². The van der Waals surface area contributed by atoms with Crippen LogP contribution in [0.2, 0.25) is 0 Å². The quantitative estimate of drug-likeness (QED) is 0.743. The van der Waals surface area contributed by atoms with Gasteiger partial charge in [-0.1, -0.05) is 6.42 Å². The number of halogens is 3. The van der Waals surface area contributed by atoms with Crippen LogP contribution in [0.1, 0.15) is 26.2 Å². The van der Waals surface area contributed by atoms with Gasteiger partial charge in [0.15, 0.2) is 0 Å². The Morgan fingerprint density at radius 3 is 2.35 bits per heavy atom. The van der Waals surface area contributed by atoms with E-state index in [1.165, 1.54) is 0 Å². The van der Waals surface area contributed by atoms with E-state index in [0.29, 0.717) is 18.5 Å². The molecule has 140 valence electrons. The number of nitrogens with one attached hydrogen (secondary N) is 1. The monoisotopic (exact) mass is 390 g/mol. The first-order chi connectivity index (χ1) is 9.61. The Morgan fingerprint density at radius 1 is 1.17 bits per heavy atom. The molecule has 0 spiro atoms. The maximum absolute atomic E-state index is 12.3. The summed E-state index contributed by atoms with van der Waals surface area (Å²) in [6, 6.07) is 0.422. The highest BCUT2D eigenvalue weighted by Gasteiger charge is 2.32. The topological polar surface area (TPSA) is 61.6 Å². The molecule has 1 aliphatic carbocycles. The number of carbonyl (C=O) groups is 1. The molecule has 3 atom stereocenters. The van der Waals surface area contributed by atoms with Crippen LogP contribution in [-0.2, 0) is 4.79 Å². The number of carbonyl (C=O) groups excluding carboxylic acids is 1. The van der Waals surface area contributed by atoms with Crippen molar-refractivity contribution in [2.75, 3.05) is 46.3 Å². The normalized spacial score (nSPS) is 26.4. The van der Waals surface area contributed by atoms with Gasteiger partial charge in [-0.2, -0.15) is 0 Å². The average molecular weight is 392 g/mol. The van der Waals surface area contributed by atoms with Gasteiger partial charge in [0.2, 0.25) is 5.91 Å². The van der Waals surface area contributed by atoms with Crippen LogP contribution >= 0.6 is 37.2 Å². The van der Waals surface area contributed by atoms with Gasteiger partial charge in [-0.05, 0) is 39.3 Å². The lowest BCUT2D eigenvalue weighted by atomic mass is 9.95. The van der Waals surface area contributed by atoms with E-state index < -0.39 is 0 Å². The average Bonchev–Trinajstić information content (AvgIpc) is 2.93. The summed E-state index contributed by atoms with van der Waals surface area (Å²) in [5.74, 6) is 0.771. The summed E-state index contributed by atoms with van der Waals surface area (Å²) in [6.07, 6.45) is 3.27. The molecule has 0 aromatic carbocycles. The lowest BCUT2D eigenvalue weighted by Gasteiger charge is -2.36. The molecule has 1 amide bonds. The molecule has 0 aromatic rings. The van der Waals surface area contributed by atoms with Crippen molar-refractivity contribution in [2.24, 2.45) is 17.6 Å². The summed E-state index contributed by atoms with van der Waals surface area (Å²) in [5.41, 5.74) is 5.75. The van der Waals surface area contributed by atoms with Crippen molar-refractivity contribution in [3.8, 4) is 0 Å². The molecular formula is C15H33Cl3N4O. The number of nitrogens with two attached hydrogens (primary N) is 1. The second kappa shape index (κ2) is 12.6. The zero-order chi connectivity index (χ0) is 14.5. The standard InChI is InChI=1S/C15H30N4O.3ClH/c1-12(19-8-6-18(2)7-9-19)11-17-15(20)14-5-3-4-13(14)10-16;;;/h12-14H,3-11,16H2,1-2H3,(H,17,20);3*1H/t12?,13-,14-;;;/m1.../s1. The maximum Gasteiger partial charge on any atom is 0.223 e. The van der Waals surface area contributed by atoms with Crippen molar-refractivity contribution in [3.63, 3.8) is 0 Å². The summed E-state index contributed by atoms with van der Waals surface area (Å²) in [4.78, 5) is 17.1. The van der Waals surface area contributed by atoms with Crippen LogP contribution in [0.5, 0.6) is 0 Å². The molecule has 1 saturated heterocycles. The van der Waals surface area contributed by atoms with Crippen molar-refractivity contribution in [1.29, 1.82) is 0 Å². The molecule has 0 aromatic heterocycles. The van der Waals surface area contributed by atoms with Crippen molar-refractivity contribution in [1.82, 2.24) is 15.1 Å². The predicted molar refractivity (Wildman–Crippen MR) is 103 cm³/mol. The molecule has 2 rings (SSSR count). The third kappa shape index (κ3) is 7.32. The molecule has 23 heavy (non-hydrogen) atoms. The minimum absolute atomic E-state index is 0. The Kier molecular flexibility index (Phi) is 13.9. The molecule has 1 unspecified atom stereocenters. The largest absolute Gasteiger partial charge is 0.354 e. The molecule has 3 N–H and O–H groups in total. The minimum Gasteiger partial charge on any atom is -0.354 e. The fourth-order valence-electron chi connectivity index (χ4n) is 3.44. The number of hydrogen-bond donors (Lipinski definition) is 2. The number of piperazine rings is 1. The van der Waals surface area contributed by atoms with Crippen LogP contribution in [0.4, 0.5) is 0 Å². The summed E-state index contributed by atoms with van der Waals surface area (Å²) in [6.45, 7) is 8.06. The predicted octanol–water partition coefficient (Wildman–Crippen LogP) is 1.38. The lowest BCUT2D eigenvalue weighted by Crippen LogP contribution is -2.51. The maximum atomic E-state index is 12.3. The molecule has 1 saturated carbocycles. The number of nitrogens with zero attached hydrogens (tertiary/aromatic N) is 2. The van der Waals surface area contributed by atoms with E-state index in [-0.39, 0.29) is 49.0 Å². The Bertz CT molecular complexity index is 328. The van der Waals surface area contributed by atoms with E-state index in [9.17, 15) is 4.79 Å². The van der Waals surface area contributed by atoms with Gasteiger partial charge in [0.1, 0.15) is 0 Å². The van der Waals surface area contributed by atoms with E-state index >= 15 is 0 Å². The molecule has 5 nitrogen and oxygen atoms in total. The summed E-state index contributed by atoms with van der Waals surface area (Å²) in [7, 11) is 2.16. The minimum atomic E-state index is 0. The first kappa shape index (κ1) is 25.5. The molecule has 0 bridgehead atoms. The highest BCUT2D eigenvalue weighted by atomic mass is 35.5. The van der Waals surface area contributed by atoms with Crippen molar-refractivity contribution >= 4 is 43.1 Å². The second-order valence-electron chi connectivity index (χ2n) is 6.47. The molecule has 0 radical (unpaired) electrons. The smallest absolute Gasteiger partial charge is 0.223 e. The van der Waals surface area contributed by atoms with Crippen LogP contribution < -0.4 is 11.1 Å². The van der Waals surface area contributed by atoms with E-state index in [1.54, 1.807) is 0 Å². The summed E-state index contributed by atoms with van der Waals surface area (Å²) in [5, 5.41) is 3.15. The van der Waals surface area contributed by atoms with Crippen LogP contribution in [0.25, 0.3) is 0 Å². The van der Waals surface area contributed by atoms with Crippen molar-refractivity contribution in [2.45, 2.75) is 32.2 Å². The number of likely N-dealkylation sites (N-methyl/N-ethyl adjacent to an activating group) is 1. The molecular weight excluding hydrogens is 359 g/mol. The van der Waals surface area contributed by atoms with Gasteiger partial charge in [0.05, 0.1) is 0 Å². The van der Waals surface area contributed by atoms with Gasteiger partial charge in [-0.25, -0.2) is 0 Å². The van der Waals surface area contributed by atoms with Crippen LogP contribution in [0.3, 0.4) is 0 Å². The van der Waals surface area contributed by atoms with Crippen molar-refractivity contribution < 1.29 is 4.79 Å². The Morgan fingerprint density at radius 2 is 1.78 bits per heavy atom. The lowest BCUT2D eigenvalue weighted by molar-refractivity contribution is -0.126. The SMILES string of the molecule is CC(CNC(=O)[C@@H]1CCC[C@@H]1CN)N1CCN(C)CC1.Cl.Cl.Cl. The molecule has 2 fully saturated rings.